The van der Waals surface area contributed by atoms with Gasteiger partial charge in [-0.3, -0.25) is 14.3 Å². The summed E-state index contributed by atoms with van der Waals surface area (Å²) in [5.74, 6) is 0.124. The van der Waals surface area contributed by atoms with E-state index in [0.29, 0.717) is 16.8 Å². The van der Waals surface area contributed by atoms with Crippen LogP contribution in [0.5, 0.6) is 0 Å². The molecule has 0 spiro atoms. The first-order chi connectivity index (χ1) is 11.4. The molecular weight excluding hydrogens is 326 g/mol. The van der Waals surface area contributed by atoms with E-state index in [1.807, 2.05) is 0 Å². The van der Waals surface area contributed by atoms with E-state index in [1.54, 1.807) is 24.3 Å². The first-order valence-electron chi connectivity index (χ1n) is 7.65. The predicted molar refractivity (Wildman–Crippen MR) is 90.8 cm³/mol. The lowest BCUT2D eigenvalue weighted by Crippen LogP contribution is -2.13. The summed E-state index contributed by atoms with van der Waals surface area (Å²) < 4.78 is 27.2. The van der Waals surface area contributed by atoms with Gasteiger partial charge in [0.2, 0.25) is 0 Å². The molecular formula is C18H17NO4S. The monoisotopic (exact) mass is 343 g/mol. The van der Waals surface area contributed by atoms with E-state index in [2.05, 4.69) is 4.72 Å². The van der Waals surface area contributed by atoms with Gasteiger partial charge < -0.3 is 0 Å². The van der Waals surface area contributed by atoms with Crippen molar-refractivity contribution in [3.63, 3.8) is 0 Å². The first-order valence-corrected chi connectivity index (χ1v) is 9.13. The van der Waals surface area contributed by atoms with E-state index in [-0.39, 0.29) is 22.4 Å². The standard InChI is InChI=1S/C18H17NO4S/c1-12(20)13-6-10-17(11-7-13)24(22,23)19-16-8-4-15(5-9-16)18(21)14-2-3-14/h4-11,14,19H,2-3H2,1H3. The number of hydrogen-bond acceptors (Lipinski definition) is 4. The summed E-state index contributed by atoms with van der Waals surface area (Å²) in [7, 11) is -3.74. The number of hydrogen-bond donors (Lipinski definition) is 1. The molecule has 0 aromatic heterocycles. The van der Waals surface area contributed by atoms with Gasteiger partial charge in [0.15, 0.2) is 11.6 Å². The maximum absolute atomic E-state index is 12.4. The van der Waals surface area contributed by atoms with Crippen molar-refractivity contribution in [2.75, 3.05) is 4.72 Å². The Balaban J connectivity index is 1.76. The van der Waals surface area contributed by atoms with Crippen molar-refractivity contribution in [2.45, 2.75) is 24.7 Å². The summed E-state index contributed by atoms with van der Waals surface area (Å²) in [6, 6.07) is 12.2. The molecule has 0 amide bonds. The van der Waals surface area contributed by atoms with Gasteiger partial charge in [0.05, 0.1) is 4.90 Å². The number of rotatable bonds is 6. The maximum atomic E-state index is 12.4. The number of carbonyl (C=O) groups is 2. The highest BCUT2D eigenvalue weighted by Crippen LogP contribution is 2.32. The average molecular weight is 343 g/mol. The SMILES string of the molecule is CC(=O)c1ccc(S(=O)(=O)Nc2ccc(C(=O)C3CC3)cc2)cc1. The Bertz CT molecular complexity index is 880. The van der Waals surface area contributed by atoms with Crippen LogP contribution in [-0.4, -0.2) is 20.0 Å². The number of benzene rings is 2. The maximum Gasteiger partial charge on any atom is 0.261 e. The summed E-state index contributed by atoms with van der Waals surface area (Å²) in [5, 5.41) is 0. The van der Waals surface area contributed by atoms with Crippen LogP contribution < -0.4 is 4.72 Å². The summed E-state index contributed by atoms with van der Waals surface area (Å²) in [4.78, 5) is 23.3. The van der Waals surface area contributed by atoms with Crippen molar-refractivity contribution in [1.29, 1.82) is 0 Å². The number of anilines is 1. The molecule has 0 atom stereocenters. The van der Waals surface area contributed by atoms with Crippen LogP contribution >= 0.6 is 0 Å². The van der Waals surface area contributed by atoms with Gasteiger partial charge in [0.1, 0.15) is 0 Å². The molecule has 24 heavy (non-hydrogen) atoms. The predicted octanol–water partition coefficient (Wildman–Crippen LogP) is 3.28. The van der Waals surface area contributed by atoms with Crippen molar-refractivity contribution in [3.8, 4) is 0 Å². The Kier molecular flexibility index (Phi) is 4.24. The number of ketones is 2. The molecule has 5 nitrogen and oxygen atoms in total. The van der Waals surface area contributed by atoms with E-state index in [4.69, 9.17) is 0 Å². The number of nitrogens with one attached hydrogen (secondary N) is 1. The smallest absolute Gasteiger partial charge is 0.261 e. The van der Waals surface area contributed by atoms with Crippen LogP contribution in [0, 0.1) is 5.92 Å². The van der Waals surface area contributed by atoms with Gasteiger partial charge in [-0.25, -0.2) is 8.42 Å². The Labute approximate surface area is 140 Å². The Morgan fingerprint density at radius 1 is 0.917 bits per heavy atom. The van der Waals surface area contributed by atoms with Gasteiger partial charge in [0, 0.05) is 22.7 Å². The molecule has 0 saturated heterocycles. The third-order valence-electron chi connectivity index (χ3n) is 3.94. The molecule has 0 bridgehead atoms. The number of carbonyl (C=O) groups excluding carboxylic acids is 2. The van der Waals surface area contributed by atoms with Gasteiger partial charge in [-0.05, 0) is 56.2 Å². The van der Waals surface area contributed by atoms with Crippen LogP contribution in [0.2, 0.25) is 0 Å². The van der Waals surface area contributed by atoms with Gasteiger partial charge >= 0.3 is 0 Å². The molecule has 124 valence electrons. The van der Waals surface area contributed by atoms with Crippen LogP contribution in [0.3, 0.4) is 0 Å². The second kappa shape index (κ2) is 6.20. The minimum absolute atomic E-state index is 0.0747. The minimum atomic E-state index is -3.74. The largest absolute Gasteiger partial charge is 0.295 e. The molecule has 2 aromatic carbocycles. The summed E-state index contributed by atoms with van der Waals surface area (Å²) in [6.07, 6.45) is 1.87. The third kappa shape index (κ3) is 3.54. The Morgan fingerprint density at radius 2 is 1.46 bits per heavy atom. The van der Waals surface area contributed by atoms with Crippen LogP contribution in [0.25, 0.3) is 0 Å². The summed E-state index contributed by atoms with van der Waals surface area (Å²) in [6.45, 7) is 1.42. The first kappa shape index (κ1) is 16.4. The van der Waals surface area contributed by atoms with Gasteiger partial charge in [-0.1, -0.05) is 12.1 Å². The minimum Gasteiger partial charge on any atom is -0.295 e. The Morgan fingerprint density at radius 3 is 1.96 bits per heavy atom. The zero-order valence-electron chi connectivity index (χ0n) is 13.2. The molecule has 0 radical (unpaired) electrons. The molecule has 2 aromatic rings. The molecule has 1 fully saturated rings. The molecule has 0 aliphatic heterocycles. The molecule has 0 heterocycles. The van der Waals surface area contributed by atoms with E-state index < -0.39 is 10.0 Å². The van der Waals surface area contributed by atoms with E-state index in [9.17, 15) is 18.0 Å². The van der Waals surface area contributed by atoms with Gasteiger partial charge in [-0.15, -0.1) is 0 Å². The van der Waals surface area contributed by atoms with Crippen LogP contribution in [0.1, 0.15) is 40.5 Å². The zero-order chi connectivity index (χ0) is 17.3. The van der Waals surface area contributed by atoms with Crippen LogP contribution in [-0.2, 0) is 10.0 Å². The van der Waals surface area contributed by atoms with Crippen LogP contribution in [0.15, 0.2) is 53.4 Å². The van der Waals surface area contributed by atoms with Crippen molar-refractivity contribution in [3.05, 3.63) is 59.7 Å². The zero-order valence-corrected chi connectivity index (χ0v) is 14.0. The molecule has 1 N–H and O–H groups in total. The molecule has 0 unspecified atom stereocenters. The fraction of sp³-hybridized carbons (Fsp3) is 0.222. The van der Waals surface area contributed by atoms with Crippen molar-refractivity contribution in [1.82, 2.24) is 0 Å². The normalized spacial score (nSPS) is 14.2. The van der Waals surface area contributed by atoms with E-state index in [0.717, 1.165) is 12.8 Å². The highest BCUT2D eigenvalue weighted by molar-refractivity contribution is 7.92. The second-order valence-corrected chi connectivity index (χ2v) is 7.58. The van der Waals surface area contributed by atoms with Crippen molar-refractivity contribution < 1.29 is 18.0 Å². The lowest BCUT2D eigenvalue weighted by molar-refractivity contribution is 0.0966. The highest BCUT2D eigenvalue weighted by Gasteiger charge is 2.30. The van der Waals surface area contributed by atoms with Crippen molar-refractivity contribution >= 4 is 27.3 Å². The second-order valence-electron chi connectivity index (χ2n) is 5.90. The third-order valence-corrected chi connectivity index (χ3v) is 5.34. The van der Waals surface area contributed by atoms with Gasteiger partial charge in [0.25, 0.3) is 10.0 Å². The van der Waals surface area contributed by atoms with Crippen LogP contribution in [0.4, 0.5) is 5.69 Å². The number of Topliss-reactive ketones (excluding diaryl/α,β-unsaturated/α-hetero) is 2. The lowest BCUT2D eigenvalue weighted by atomic mass is 10.1. The average Bonchev–Trinajstić information content (AvgIpc) is 3.39. The van der Waals surface area contributed by atoms with Crippen molar-refractivity contribution in [2.24, 2.45) is 5.92 Å². The molecule has 1 aliphatic carbocycles. The highest BCUT2D eigenvalue weighted by atomic mass is 32.2. The fourth-order valence-electron chi connectivity index (χ4n) is 2.37. The fourth-order valence-corrected chi connectivity index (χ4v) is 3.43. The van der Waals surface area contributed by atoms with E-state index >= 15 is 0 Å². The lowest BCUT2D eigenvalue weighted by Gasteiger charge is -2.09. The topological polar surface area (TPSA) is 80.3 Å². The quantitative estimate of drug-likeness (QED) is 0.816. The Hall–Kier alpha value is -2.47. The summed E-state index contributed by atoms with van der Waals surface area (Å²) >= 11 is 0. The molecule has 3 rings (SSSR count). The van der Waals surface area contributed by atoms with E-state index in [1.165, 1.54) is 31.2 Å². The molecule has 1 aliphatic rings. The summed E-state index contributed by atoms with van der Waals surface area (Å²) in [5.41, 5.74) is 1.45. The molecule has 6 heteroatoms. The number of sulfonamides is 1. The molecule has 1 saturated carbocycles. The van der Waals surface area contributed by atoms with Gasteiger partial charge in [-0.2, -0.15) is 0 Å².